The third-order valence-corrected chi connectivity index (χ3v) is 6.68. The summed E-state index contributed by atoms with van der Waals surface area (Å²) < 4.78 is 12.0. The SMILES string of the molecule is C=C(c1ccc(-c2nc3cc(CC)ccc3o2)cc1)c1ccc(-c2nc3cc(CC)ccc3o2)cc1. The van der Waals surface area contributed by atoms with Crippen LogP contribution in [0.25, 0.3) is 50.7 Å². The summed E-state index contributed by atoms with van der Waals surface area (Å²) in [7, 11) is 0. The first-order chi connectivity index (χ1) is 17.6. The van der Waals surface area contributed by atoms with Crippen molar-refractivity contribution in [3.8, 4) is 22.9 Å². The zero-order valence-corrected chi connectivity index (χ0v) is 20.4. The summed E-state index contributed by atoms with van der Waals surface area (Å²) in [5.41, 5.74) is 10.8. The molecule has 176 valence electrons. The summed E-state index contributed by atoms with van der Waals surface area (Å²) in [5.74, 6) is 1.26. The van der Waals surface area contributed by atoms with Gasteiger partial charge in [0, 0.05) is 11.1 Å². The molecule has 4 heteroatoms. The lowest BCUT2D eigenvalue weighted by Gasteiger charge is -2.07. The van der Waals surface area contributed by atoms with Gasteiger partial charge in [-0.25, -0.2) is 9.97 Å². The number of aryl methyl sites for hydroxylation is 2. The van der Waals surface area contributed by atoms with Crippen molar-refractivity contribution in [1.29, 1.82) is 0 Å². The standard InChI is InChI=1S/C32H26N2O2/c1-4-21-6-16-29-27(18-21)33-31(35-29)25-12-8-23(9-13-25)20(3)24-10-14-26(15-11-24)32-34-28-19-22(5-2)7-17-30(28)36-32/h6-19H,3-5H2,1-2H3. The Balaban J connectivity index is 1.22. The molecule has 0 aliphatic carbocycles. The number of rotatable bonds is 6. The van der Waals surface area contributed by atoms with E-state index in [0.29, 0.717) is 11.8 Å². The Morgan fingerprint density at radius 2 is 1.03 bits per heavy atom. The zero-order chi connectivity index (χ0) is 24.6. The normalized spacial score (nSPS) is 11.4. The molecule has 0 aliphatic rings. The summed E-state index contributed by atoms with van der Waals surface area (Å²) in [6, 6.07) is 28.7. The van der Waals surface area contributed by atoms with Gasteiger partial charge in [-0.1, -0.05) is 56.8 Å². The summed E-state index contributed by atoms with van der Waals surface area (Å²) in [5, 5.41) is 0. The van der Waals surface area contributed by atoms with E-state index in [0.717, 1.165) is 62.9 Å². The van der Waals surface area contributed by atoms with Crippen LogP contribution in [0.3, 0.4) is 0 Å². The minimum Gasteiger partial charge on any atom is -0.436 e. The van der Waals surface area contributed by atoms with Gasteiger partial charge in [0.1, 0.15) is 11.0 Å². The van der Waals surface area contributed by atoms with Crippen molar-refractivity contribution in [3.63, 3.8) is 0 Å². The fourth-order valence-electron chi connectivity index (χ4n) is 4.43. The maximum atomic E-state index is 5.98. The second-order valence-corrected chi connectivity index (χ2v) is 8.98. The van der Waals surface area contributed by atoms with Crippen molar-refractivity contribution in [3.05, 3.63) is 114 Å². The summed E-state index contributed by atoms with van der Waals surface area (Å²) >= 11 is 0. The van der Waals surface area contributed by atoms with E-state index in [2.05, 4.69) is 78.9 Å². The van der Waals surface area contributed by atoms with E-state index in [1.807, 2.05) is 36.4 Å². The minimum atomic E-state index is 0.629. The van der Waals surface area contributed by atoms with Crippen LogP contribution in [0, 0.1) is 0 Å². The molecule has 0 bridgehead atoms. The molecule has 6 aromatic rings. The fourth-order valence-corrected chi connectivity index (χ4v) is 4.43. The highest BCUT2D eigenvalue weighted by molar-refractivity contribution is 5.82. The van der Waals surface area contributed by atoms with E-state index < -0.39 is 0 Å². The molecule has 2 aromatic heterocycles. The Kier molecular flexibility index (Phi) is 5.49. The third-order valence-electron chi connectivity index (χ3n) is 6.68. The van der Waals surface area contributed by atoms with Gasteiger partial charge in [-0.2, -0.15) is 0 Å². The van der Waals surface area contributed by atoms with Gasteiger partial charge in [0.25, 0.3) is 0 Å². The number of aromatic nitrogens is 2. The molecular formula is C32H26N2O2. The Morgan fingerprint density at radius 1 is 0.611 bits per heavy atom. The smallest absolute Gasteiger partial charge is 0.227 e. The van der Waals surface area contributed by atoms with E-state index >= 15 is 0 Å². The van der Waals surface area contributed by atoms with Crippen molar-refractivity contribution in [2.45, 2.75) is 26.7 Å². The van der Waals surface area contributed by atoms with Crippen molar-refractivity contribution in [2.24, 2.45) is 0 Å². The fraction of sp³-hybridized carbons (Fsp3) is 0.125. The summed E-state index contributed by atoms with van der Waals surface area (Å²) in [6.45, 7) is 8.61. The molecule has 2 heterocycles. The first kappa shape index (κ1) is 22.1. The number of hydrogen-bond acceptors (Lipinski definition) is 4. The number of fused-ring (bicyclic) bond motifs is 2. The monoisotopic (exact) mass is 470 g/mol. The number of benzene rings is 4. The molecule has 0 aliphatic heterocycles. The maximum absolute atomic E-state index is 5.98. The van der Waals surface area contributed by atoms with Gasteiger partial charge in [0.05, 0.1) is 0 Å². The van der Waals surface area contributed by atoms with Gasteiger partial charge in [0.15, 0.2) is 11.2 Å². The van der Waals surface area contributed by atoms with Gasteiger partial charge in [-0.05, 0) is 89.2 Å². The molecule has 0 fully saturated rings. The highest BCUT2D eigenvalue weighted by atomic mass is 16.4. The third kappa shape index (κ3) is 4.01. The molecule has 6 rings (SSSR count). The number of hydrogen-bond donors (Lipinski definition) is 0. The molecule has 0 atom stereocenters. The predicted molar refractivity (Wildman–Crippen MR) is 146 cm³/mol. The molecule has 4 nitrogen and oxygen atoms in total. The lowest BCUT2D eigenvalue weighted by atomic mass is 9.97. The van der Waals surface area contributed by atoms with Gasteiger partial charge in [-0.3, -0.25) is 0 Å². The maximum Gasteiger partial charge on any atom is 0.227 e. The van der Waals surface area contributed by atoms with Crippen molar-refractivity contribution < 1.29 is 8.83 Å². The highest BCUT2D eigenvalue weighted by Gasteiger charge is 2.12. The summed E-state index contributed by atoms with van der Waals surface area (Å²) in [4.78, 5) is 9.37. The average molecular weight is 471 g/mol. The van der Waals surface area contributed by atoms with Crippen LogP contribution in [0.5, 0.6) is 0 Å². The van der Waals surface area contributed by atoms with Crippen LogP contribution in [-0.4, -0.2) is 9.97 Å². The Bertz CT molecular complexity index is 1580. The minimum absolute atomic E-state index is 0.629. The molecule has 4 aromatic carbocycles. The Labute approximate surface area is 209 Å². The molecule has 0 spiro atoms. The molecule has 0 radical (unpaired) electrons. The lowest BCUT2D eigenvalue weighted by molar-refractivity contribution is 0.619. The van der Waals surface area contributed by atoms with E-state index in [1.54, 1.807) is 0 Å². The topological polar surface area (TPSA) is 52.1 Å². The molecule has 0 unspecified atom stereocenters. The predicted octanol–water partition coefficient (Wildman–Crippen LogP) is 8.49. The van der Waals surface area contributed by atoms with Crippen LogP contribution in [0.15, 0.2) is 100 Å². The van der Waals surface area contributed by atoms with Crippen LogP contribution in [0.2, 0.25) is 0 Å². The summed E-state index contributed by atoms with van der Waals surface area (Å²) in [6.07, 6.45) is 1.95. The van der Waals surface area contributed by atoms with Crippen molar-refractivity contribution in [2.75, 3.05) is 0 Å². The first-order valence-electron chi connectivity index (χ1n) is 12.3. The highest BCUT2D eigenvalue weighted by Crippen LogP contribution is 2.30. The second kappa shape index (κ2) is 8.97. The van der Waals surface area contributed by atoms with Gasteiger partial charge >= 0.3 is 0 Å². The number of oxazole rings is 2. The van der Waals surface area contributed by atoms with Gasteiger partial charge in [-0.15, -0.1) is 0 Å². The average Bonchev–Trinajstić information content (AvgIpc) is 3.56. The molecular weight excluding hydrogens is 444 g/mol. The van der Waals surface area contributed by atoms with Gasteiger partial charge < -0.3 is 8.83 Å². The molecule has 0 amide bonds. The first-order valence-corrected chi connectivity index (χ1v) is 12.3. The second-order valence-electron chi connectivity index (χ2n) is 8.98. The Morgan fingerprint density at radius 3 is 1.42 bits per heavy atom. The quantitative estimate of drug-likeness (QED) is 0.245. The van der Waals surface area contributed by atoms with E-state index in [9.17, 15) is 0 Å². The molecule has 0 saturated heterocycles. The van der Waals surface area contributed by atoms with Crippen LogP contribution in [0.1, 0.15) is 36.1 Å². The van der Waals surface area contributed by atoms with Crippen molar-refractivity contribution in [1.82, 2.24) is 9.97 Å². The molecule has 0 saturated carbocycles. The lowest BCUT2D eigenvalue weighted by Crippen LogP contribution is -1.88. The van der Waals surface area contributed by atoms with E-state index in [-0.39, 0.29) is 0 Å². The largest absolute Gasteiger partial charge is 0.436 e. The van der Waals surface area contributed by atoms with Crippen LogP contribution < -0.4 is 0 Å². The molecule has 36 heavy (non-hydrogen) atoms. The van der Waals surface area contributed by atoms with Crippen molar-refractivity contribution >= 4 is 27.8 Å². The number of nitrogens with zero attached hydrogens (tertiary/aromatic N) is 2. The van der Waals surface area contributed by atoms with Gasteiger partial charge in [0.2, 0.25) is 11.8 Å². The Hall–Kier alpha value is -4.44. The van der Waals surface area contributed by atoms with Crippen LogP contribution in [-0.2, 0) is 12.8 Å². The zero-order valence-electron chi connectivity index (χ0n) is 20.4. The van der Waals surface area contributed by atoms with Crippen LogP contribution in [0.4, 0.5) is 0 Å². The van der Waals surface area contributed by atoms with E-state index in [1.165, 1.54) is 11.1 Å². The van der Waals surface area contributed by atoms with E-state index in [4.69, 9.17) is 8.83 Å². The van der Waals surface area contributed by atoms with Crippen LogP contribution >= 0.6 is 0 Å². The molecule has 0 N–H and O–H groups in total.